The van der Waals surface area contributed by atoms with Crippen LogP contribution in [-0.4, -0.2) is 24.3 Å². The van der Waals surface area contributed by atoms with Crippen LogP contribution in [0.25, 0.3) is 10.8 Å². The van der Waals surface area contributed by atoms with Crippen molar-refractivity contribution in [1.82, 2.24) is 5.43 Å². The number of aromatic hydroxyl groups is 1. The number of amides is 1. The lowest BCUT2D eigenvalue weighted by atomic mass is 10.1. The van der Waals surface area contributed by atoms with Gasteiger partial charge in [0.1, 0.15) is 12.4 Å². The molecule has 4 aromatic carbocycles. The van der Waals surface area contributed by atoms with Crippen molar-refractivity contribution in [2.24, 2.45) is 5.10 Å². The van der Waals surface area contributed by atoms with Crippen molar-refractivity contribution >= 4 is 50.4 Å². The number of methoxy groups -OCH3 is 1. The monoisotopic (exact) mass is 538 g/mol. The van der Waals surface area contributed by atoms with Crippen LogP contribution in [0, 0.1) is 0 Å². The maximum absolute atomic E-state index is 12.5. The lowest BCUT2D eigenvalue weighted by Crippen LogP contribution is -2.17. The average Bonchev–Trinajstić information content (AvgIpc) is 2.83. The van der Waals surface area contributed by atoms with Gasteiger partial charge < -0.3 is 14.6 Å². The fraction of sp³-hybridized carbons (Fsp3) is 0.0769. The SMILES string of the molecule is COc1cc(C=NNC(=O)c2cc3ccccc3cc2O)cc(Cl)c1OCc1ccc(Br)cc1. The summed E-state index contributed by atoms with van der Waals surface area (Å²) in [5, 5.41) is 16.2. The number of phenols is 1. The molecule has 0 unspecified atom stereocenters. The van der Waals surface area contributed by atoms with Crippen LogP contribution in [0.5, 0.6) is 17.2 Å². The molecular formula is C26H20BrClN2O4. The molecule has 34 heavy (non-hydrogen) atoms. The van der Waals surface area contributed by atoms with Crippen LogP contribution in [0.1, 0.15) is 21.5 Å². The summed E-state index contributed by atoms with van der Waals surface area (Å²) in [7, 11) is 1.52. The first-order chi connectivity index (χ1) is 16.4. The van der Waals surface area contributed by atoms with Crippen molar-refractivity contribution < 1.29 is 19.4 Å². The van der Waals surface area contributed by atoms with E-state index in [9.17, 15) is 9.90 Å². The first-order valence-electron chi connectivity index (χ1n) is 10.2. The van der Waals surface area contributed by atoms with Crippen LogP contribution in [0.3, 0.4) is 0 Å². The van der Waals surface area contributed by atoms with Gasteiger partial charge in [-0.2, -0.15) is 5.10 Å². The van der Waals surface area contributed by atoms with Crippen molar-refractivity contribution in [2.45, 2.75) is 6.61 Å². The molecule has 0 atom stereocenters. The highest BCUT2D eigenvalue weighted by Crippen LogP contribution is 2.36. The molecule has 2 N–H and O–H groups in total. The maximum atomic E-state index is 12.5. The van der Waals surface area contributed by atoms with E-state index in [1.165, 1.54) is 13.3 Å². The van der Waals surface area contributed by atoms with Gasteiger partial charge in [-0.1, -0.05) is 63.9 Å². The normalized spacial score (nSPS) is 11.0. The molecule has 0 radical (unpaired) electrons. The summed E-state index contributed by atoms with van der Waals surface area (Å²) in [5.41, 5.74) is 4.13. The van der Waals surface area contributed by atoms with Gasteiger partial charge in [0, 0.05) is 4.47 Å². The van der Waals surface area contributed by atoms with Crippen LogP contribution in [-0.2, 0) is 6.61 Å². The minimum Gasteiger partial charge on any atom is -0.507 e. The van der Waals surface area contributed by atoms with E-state index in [1.54, 1.807) is 24.3 Å². The molecule has 4 rings (SSSR count). The third-order valence-electron chi connectivity index (χ3n) is 5.04. The van der Waals surface area contributed by atoms with Gasteiger partial charge in [-0.3, -0.25) is 4.79 Å². The van der Waals surface area contributed by atoms with Crippen molar-refractivity contribution in [3.63, 3.8) is 0 Å². The number of hydrazone groups is 1. The number of hydrogen-bond acceptors (Lipinski definition) is 5. The number of halogens is 2. The number of carbonyl (C=O) groups is 1. The van der Waals surface area contributed by atoms with Gasteiger partial charge in [-0.15, -0.1) is 0 Å². The summed E-state index contributed by atoms with van der Waals surface area (Å²) < 4.78 is 12.3. The third-order valence-corrected chi connectivity index (χ3v) is 5.85. The van der Waals surface area contributed by atoms with Gasteiger partial charge in [0.05, 0.1) is 23.9 Å². The number of nitrogens with one attached hydrogen (secondary N) is 1. The number of ether oxygens (including phenoxy) is 2. The molecule has 1 amide bonds. The van der Waals surface area contributed by atoms with Gasteiger partial charge in [-0.25, -0.2) is 5.43 Å². The number of hydrogen-bond donors (Lipinski definition) is 2. The minimum absolute atomic E-state index is 0.122. The molecule has 172 valence electrons. The van der Waals surface area contributed by atoms with E-state index < -0.39 is 5.91 Å². The lowest BCUT2D eigenvalue weighted by molar-refractivity contribution is 0.0952. The second kappa shape index (κ2) is 10.6. The van der Waals surface area contributed by atoms with Gasteiger partial charge in [0.25, 0.3) is 5.91 Å². The third kappa shape index (κ3) is 5.50. The molecule has 0 aromatic heterocycles. The molecule has 8 heteroatoms. The van der Waals surface area contributed by atoms with Crippen LogP contribution >= 0.6 is 27.5 Å². The molecule has 4 aromatic rings. The highest BCUT2D eigenvalue weighted by molar-refractivity contribution is 9.10. The largest absolute Gasteiger partial charge is 0.507 e. The number of benzene rings is 4. The summed E-state index contributed by atoms with van der Waals surface area (Å²) >= 11 is 9.83. The second-order valence-electron chi connectivity index (χ2n) is 7.36. The van der Waals surface area contributed by atoms with Gasteiger partial charge in [0.2, 0.25) is 0 Å². The zero-order chi connectivity index (χ0) is 24.1. The first kappa shape index (κ1) is 23.6. The summed E-state index contributed by atoms with van der Waals surface area (Å²) in [4.78, 5) is 12.5. The Morgan fingerprint density at radius 3 is 2.50 bits per heavy atom. The Kier molecular flexibility index (Phi) is 7.35. The zero-order valence-electron chi connectivity index (χ0n) is 18.1. The van der Waals surface area contributed by atoms with Crippen molar-refractivity contribution in [2.75, 3.05) is 7.11 Å². The Hall–Kier alpha value is -3.55. The van der Waals surface area contributed by atoms with E-state index in [4.69, 9.17) is 21.1 Å². The van der Waals surface area contributed by atoms with E-state index in [0.717, 1.165) is 20.8 Å². The van der Waals surface area contributed by atoms with E-state index in [1.807, 2.05) is 48.5 Å². The molecule has 0 spiro atoms. The predicted octanol–water partition coefficient (Wildman–Crippen LogP) is 6.31. The number of carbonyl (C=O) groups excluding carboxylic acids is 1. The zero-order valence-corrected chi connectivity index (χ0v) is 20.4. The highest BCUT2D eigenvalue weighted by atomic mass is 79.9. The summed E-state index contributed by atoms with van der Waals surface area (Å²) in [6.45, 7) is 0.322. The number of nitrogens with zero attached hydrogens (tertiary/aromatic N) is 1. The smallest absolute Gasteiger partial charge is 0.275 e. The van der Waals surface area contributed by atoms with E-state index in [0.29, 0.717) is 28.7 Å². The van der Waals surface area contributed by atoms with Crippen LogP contribution in [0.2, 0.25) is 5.02 Å². The maximum Gasteiger partial charge on any atom is 0.275 e. The molecule has 0 heterocycles. The van der Waals surface area contributed by atoms with Gasteiger partial charge >= 0.3 is 0 Å². The van der Waals surface area contributed by atoms with Crippen molar-refractivity contribution in [3.05, 3.63) is 99.0 Å². The molecule has 0 aliphatic heterocycles. The highest BCUT2D eigenvalue weighted by Gasteiger charge is 2.14. The van der Waals surface area contributed by atoms with Crippen LogP contribution in [0.15, 0.2) is 82.4 Å². The molecule has 0 saturated heterocycles. The van der Waals surface area contributed by atoms with Crippen LogP contribution < -0.4 is 14.9 Å². The topological polar surface area (TPSA) is 80.2 Å². The summed E-state index contributed by atoms with van der Waals surface area (Å²) in [6.07, 6.45) is 1.43. The number of fused-ring (bicyclic) bond motifs is 1. The van der Waals surface area contributed by atoms with E-state index in [-0.39, 0.29) is 11.3 Å². The van der Waals surface area contributed by atoms with E-state index >= 15 is 0 Å². The Morgan fingerprint density at radius 2 is 1.79 bits per heavy atom. The molecule has 0 aliphatic carbocycles. The Bertz CT molecular complexity index is 1370. The van der Waals surface area contributed by atoms with Gasteiger partial charge in [0.15, 0.2) is 11.5 Å². The fourth-order valence-corrected chi connectivity index (χ4v) is 3.86. The Morgan fingerprint density at radius 1 is 1.09 bits per heavy atom. The standard InChI is InChI=1S/C26H20BrClN2O4/c1-33-24-11-17(10-22(28)25(24)34-15-16-6-8-20(27)9-7-16)14-29-30-26(32)21-12-18-4-2-3-5-19(18)13-23(21)31/h2-14,31H,15H2,1H3,(H,30,32). The first-order valence-corrected chi connectivity index (χ1v) is 11.4. The quantitative estimate of drug-likeness (QED) is 0.213. The van der Waals surface area contributed by atoms with Crippen molar-refractivity contribution in [3.8, 4) is 17.2 Å². The minimum atomic E-state index is -0.535. The fourth-order valence-electron chi connectivity index (χ4n) is 3.33. The lowest BCUT2D eigenvalue weighted by Gasteiger charge is -2.13. The van der Waals surface area contributed by atoms with E-state index in [2.05, 4.69) is 26.5 Å². The molecule has 0 saturated carbocycles. The Balaban J connectivity index is 1.46. The summed E-state index contributed by atoms with van der Waals surface area (Å²) in [5.74, 6) is 0.189. The van der Waals surface area contributed by atoms with Crippen LogP contribution in [0.4, 0.5) is 0 Å². The Labute approximate surface area is 209 Å². The number of phenolic OH excluding ortho intramolecular Hbond substituents is 1. The summed E-state index contributed by atoms with van der Waals surface area (Å²) in [6, 6.07) is 21.7. The average molecular weight is 540 g/mol. The molecular weight excluding hydrogens is 520 g/mol. The second-order valence-corrected chi connectivity index (χ2v) is 8.69. The van der Waals surface area contributed by atoms with Gasteiger partial charge in [-0.05, 0) is 58.3 Å². The molecule has 0 bridgehead atoms. The molecule has 0 aliphatic rings. The predicted molar refractivity (Wildman–Crippen MR) is 137 cm³/mol. The molecule has 0 fully saturated rings. The molecule has 6 nitrogen and oxygen atoms in total. The number of rotatable bonds is 7. The van der Waals surface area contributed by atoms with Crippen molar-refractivity contribution in [1.29, 1.82) is 0 Å².